The lowest BCUT2D eigenvalue weighted by Gasteiger charge is -2.37. The number of hydroxylamine groups is 1. The molecule has 0 saturated heterocycles. The highest BCUT2D eigenvalue weighted by Crippen LogP contribution is 2.43. The molecule has 1 saturated carbocycles. The topological polar surface area (TPSA) is 32.3 Å². The molecule has 0 aromatic heterocycles. The Balaban J connectivity index is 1.99. The molecule has 0 amide bonds. The van der Waals surface area contributed by atoms with Gasteiger partial charge in [0.2, 0.25) is 0 Å². The van der Waals surface area contributed by atoms with Crippen LogP contribution >= 0.6 is 0 Å². The van der Waals surface area contributed by atoms with E-state index in [0.29, 0.717) is 17.9 Å². The average molecular weight is 261 g/mol. The van der Waals surface area contributed by atoms with Crippen molar-refractivity contribution < 1.29 is 5.21 Å². The molecule has 2 rings (SSSR count). The number of hydrogen-bond acceptors (Lipinski definition) is 2. The van der Waals surface area contributed by atoms with E-state index in [-0.39, 0.29) is 0 Å². The van der Waals surface area contributed by atoms with Crippen LogP contribution in [0.25, 0.3) is 0 Å². The molecule has 2 nitrogen and oxygen atoms in total. The molecule has 0 aliphatic heterocycles. The molecule has 106 valence electrons. The molecule has 1 aromatic carbocycles. The van der Waals surface area contributed by atoms with Crippen molar-refractivity contribution in [1.29, 1.82) is 0 Å². The van der Waals surface area contributed by atoms with Gasteiger partial charge in [0.25, 0.3) is 0 Å². The molecule has 0 heterocycles. The Morgan fingerprint density at radius 3 is 2.42 bits per heavy atom. The minimum absolute atomic E-state index is 0.452. The van der Waals surface area contributed by atoms with Gasteiger partial charge >= 0.3 is 0 Å². The molecule has 0 spiro atoms. The van der Waals surface area contributed by atoms with Crippen molar-refractivity contribution in [3.63, 3.8) is 0 Å². The van der Waals surface area contributed by atoms with E-state index in [9.17, 15) is 0 Å². The number of rotatable bonds is 3. The van der Waals surface area contributed by atoms with Crippen LogP contribution in [0, 0.1) is 11.3 Å². The van der Waals surface area contributed by atoms with Crippen LogP contribution in [0.5, 0.6) is 0 Å². The standard InChI is InChI=1S/C17H27NO/c1-17(2,3)16-9-7-14(8-10-16)15-6-4-5-13(11-15)12-18-19/h4-6,11,14,16,18-19H,7-10,12H2,1-3H3. The minimum Gasteiger partial charge on any atom is -0.316 e. The van der Waals surface area contributed by atoms with Gasteiger partial charge in [-0.2, -0.15) is 0 Å². The first-order valence-electron chi connectivity index (χ1n) is 7.46. The van der Waals surface area contributed by atoms with Crippen LogP contribution in [0.3, 0.4) is 0 Å². The summed E-state index contributed by atoms with van der Waals surface area (Å²) in [5.41, 5.74) is 5.30. The maximum atomic E-state index is 8.80. The Labute approximate surface area is 117 Å². The van der Waals surface area contributed by atoms with Crippen LogP contribution in [0.1, 0.15) is 63.5 Å². The average Bonchev–Trinajstić information content (AvgIpc) is 2.39. The van der Waals surface area contributed by atoms with Gasteiger partial charge in [0.15, 0.2) is 0 Å². The van der Waals surface area contributed by atoms with E-state index < -0.39 is 0 Å². The Kier molecular flexibility index (Phi) is 4.64. The summed E-state index contributed by atoms with van der Waals surface area (Å²) in [5.74, 6) is 1.57. The van der Waals surface area contributed by atoms with Crippen molar-refractivity contribution in [1.82, 2.24) is 5.48 Å². The molecular weight excluding hydrogens is 234 g/mol. The molecule has 0 unspecified atom stereocenters. The van der Waals surface area contributed by atoms with Gasteiger partial charge in [-0.3, -0.25) is 0 Å². The lowest BCUT2D eigenvalue weighted by Crippen LogP contribution is -2.25. The Hall–Kier alpha value is -0.860. The molecule has 1 aliphatic carbocycles. The SMILES string of the molecule is CC(C)(C)C1CCC(c2cccc(CNO)c2)CC1. The molecule has 1 fully saturated rings. The van der Waals surface area contributed by atoms with E-state index in [1.807, 2.05) is 0 Å². The lowest BCUT2D eigenvalue weighted by molar-refractivity contribution is 0.161. The maximum Gasteiger partial charge on any atom is 0.0458 e. The van der Waals surface area contributed by atoms with Crippen molar-refractivity contribution in [3.8, 4) is 0 Å². The molecule has 0 radical (unpaired) electrons. The Morgan fingerprint density at radius 1 is 1.16 bits per heavy atom. The highest BCUT2D eigenvalue weighted by Gasteiger charge is 2.30. The first-order valence-corrected chi connectivity index (χ1v) is 7.46. The number of hydrogen-bond donors (Lipinski definition) is 2. The fourth-order valence-corrected chi connectivity index (χ4v) is 3.34. The van der Waals surface area contributed by atoms with E-state index in [2.05, 4.69) is 50.5 Å². The van der Waals surface area contributed by atoms with Gasteiger partial charge < -0.3 is 5.21 Å². The summed E-state index contributed by atoms with van der Waals surface area (Å²) in [6.45, 7) is 7.63. The summed E-state index contributed by atoms with van der Waals surface area (Å²) in [6.07, 6.45) is 5.29. The van der Waals surface area contributed by atoms with E-state index in [4.69, 9.17) is 5.21 Å². The second kappa shape index (κ2) is 6.06. The third-order valence-electron chi connectivity index (χ3n) is 4.66. The van der Waals surface area contributed by atoms with Crippen LogP contribution < -0.4 is 5.48 Å². The zero-order valence-electron chi connectivity index (χ0n) is 12.4. The second-order valence-electron chi connectivity index (χ2n) is 6.99. The molecule has 2 heteroatoms. The third kappa shape index (κ3) is 3.80. The van der Waals surface area contributed by atoms with E-state index in [1.54, 1.807) is 0 Å². The van der Waals surface area contributed by atoms with Gasteiger partial charge in [-0.1, -0.05) is 45.0 Å². The first-order chi connectivity index (χ1) is 9.00. The fourth-order valence-electron chi connectivity index (χ4n) is 3.34. The van der Waals surface area contributed by atoms with E-state index >= 15 is 0 Å². The van der Waals surface area contributed by atoms with Crippen LogP contribution in [0.2, 0.25) is 0 Å². The number of nitrogens with one attached hydrogen (secondary N) is 1. The quantitative estimate of drug-likeness (QED) is 0.786. The van der Waals surface area contributed by atoms with Crippen molar-refractivity contribution in [2.24, 2.45) is 11.3 Å². The van der Waals surface area contributed by atoms with E-state index in [1.165, 1.54) is 31.2 Å². The van der Waals surface area contributed by atoms with Gasteiger partial charge in [-0.25, -0.2) is 5.48 Å². The highest BCUT2D eigenvalue weighted by atomic mass is 16.5. The van der Waals surface area contributed by atoms with Crippen LogP contribution in [0.4, 0.5) is 0 Å². The molecule has 2 N–H and O–H groups in total. The van der Waals surface area contributed by atoms with Crippen molar-refractivity contribution in [2.45, 2.75) is 58.9 Å². The largest absolute Gasteiger partial charge is 0.316 e. The molecule has 0 atom stereocenters. The van der Waals surface area contributed by atoms with Crippen molar-refractivity contribution in [2.75, 3.05) is 0 Å². The summed E-state index contributed by atoms with van der Waals surface area (Å²) in [4.78, 5) is 0. The lowest BCUT2D eigenvalue weighted by atomic mass is 9.68. The summed E-state index contributed by atoms with van der Waals surface area (Å²) >= 11 is 0. The van der Waals surface area contributed by atoms with Crippen LogP contribution in [-0.4, -0.2) is 5.21 Å². The number of benzene rings is 1. The third-order valence-corrected chi connectivity index (χ3v) is 4.66. The predicted molar refractivity (Wildman–Crippen MR) is 79.2 cm³/mol. The fraction of sp³-hybridized carbons (Fsp3) is 0.647. The van der Waals surface area contributed by atoms with Crippen LogP contribution in [0.15, 0.2) is 24.3 Å². The summed E-state index contributed by atoms with van der Waals surface area (Å²) in [7, 11) is 0. The second-order valence-corrected chi connectivity index (χ2v) is 6.99. The van der Waals surface area contributed by atoms with Crippen molar-refractivity contribution >= 4 is 0 Å². The molecule has 0 bridgehead atoms. The van der Waals surface area contributed by atoms with Gasteiger partial charge in [0.05, 0.1) is 0 Å². The van der Waals surface area contributed by atoms with Crippen LogP contribution in [-0.2, 0) is 6.54 Å². The zero-order valence-corrected chi connectivity index (χ0v) is 12.4. The summed E-state index contributed by atoms with van der Waals surface area (Å²) in [6, 6.07) is 8.65. The normalized spacial score (nSPS) is 24.4. The van der Waals surface area contributed by atoms with Gasteiger partial charge in [-0.15, -0.1) is 0 Å². The Bertz CT molecular complexity index is 400. The van der Waals surface area contributed by atoms with Gasteiger partial charge in [-0.05, 0) is 54.1 Å². The zero-order chi connectivity index (χ0) is 13.9. The summed E-state index contributed by atoms with van der Waals surface area (Å²) in [5, 5.41) is 8.80. The monoisotopic (exact) mass is 261 g/mol. The summed E-state index contributed by atoms with van der Waals surface area (Å²) < 4.78 is 0. The maximum absolute atomic E-state index is 8.80. The molecule has 19 heavy (non-hydrogen) atoms. The smallest absolute Gasteiger partial charge is 0.0458 e. The predicted octanol–water partition coefficient (Wildman–Crippen LogP) is 4.49. The highest BCUT2D eigenvalue weighted by molar-refractivity contribution is 5.26. The molecular formula is C17H27NO. The van der Waals surface area contributed by atoms with E-state index in [0.717, 1.165) is 11.5 Å². The molecule has 1 aromatic rings. The van der Waals surface area contributed by atoms with Crippen molar-refractivity contribution in [3.05, 3.63) is 35.4 Å². The molecule has 1 aliphatic rings. The van der Waals surface area contributed by atoms with Gasteiger partial charge in [0.1, 0.15) is 0 Å². The minimum atomic E-state index is 0.452. The Morgan fingerprint density at radius 2 is 1.84 bits per heavy atom. The van der Waals surface area contributed by atoms with Gasteiger partial charge in [0, 0.05) is 6.54 Å². The first kappa shape index (κ1) is 14.5.